The Morgan fingerprint density at radius 3 is 2.62 bits per heavy atom. The maximum absolute atomic E-state index is 11.9. The fourth-order valence-corrected chi connectivity index (χ4v) is 1.87. The summed E-state index contributed by atoms with van der Waals surface area (Å²) in [5.41, 5.74) is 6.81. The number of carbonyl (C=O) groups excluding carboxylic acids is 1. The molecule has 0 fully saturated rings. The monoisotopic (exact) mass is 286 g/mol. The minimum absolute atomic E-state index is 0.142. The molecule has 0 aliphatic rings. The summed E-state index contributed by atoms with van der Waals surface area (Å²) in [5.74, 6) is 0.726. The third-order valence-electron chi connectivity index (χ3n) is 2.80. The highest BCUT2D eigenvalue weighted by Crippen LogP contribution is 2.16. The number of nitrogens with two attached hydrogens (primary N) is 1. The number of benzene rings is 2. The van der Waals surface area contributed by atoms with Crippen LogP contribution in [-0.2, 0) is 11.2 Å². The first-order valence-corrected chi connectivity index (χ1v) is 6.68. The Hall–Kier alpha value is -2.53. The summed E-state index contributed by atoms with van der Waals surface area (Å²) in [5, 5.41) is 12.2. The normalized spacial score (nSPS) is 10.1. The van der Waals surface area contributed by atoms with E-state index in [-0.39, 0.29) is 18.1 Å². The summed E-state index contributed by atoms with van der Waals surface area (Å²) >= 11 is 0. The summed E-state index contributed by atoms with van der Waals surface area (Å²) in [6.07, 6.45) is 0.208. The molecule has 5 nitrogen and oxygen atoms in total. The van der Waals surface area contributed by atoms with Crippen molar-refractivity contribution >= 4 is 11.6 Å². The van der Waals surface area contributed by atoms with Gasteiger partial charge in [0.15, 0.2) is 0 Å². The number of hydrogen-bond donors (Lipinski definition) is 3. The lowest BCUT2D eigenvalue weighted by atomic mass is 10.1. The maximum Gasteiger partial charge on any atom is 0.228 e. The van der Waals surface area contributed by atoms with Crippen LogP contribution in [0.25, 0.3) is 0 Å². The van der Waals surface area contributed by atoms with E-state index in [2.05, 4.69) is 5.32 Å². The van der Waals surface area contributed by atoms with Gasteiger partial charge >= 0.3 is 0 Å². The zero-order chi connectivity index (χ0) is 15.1. The topological polar surface area (TPSA) is 84.6 Å². The molecule has 0 saturated carbocycles. The summed E-state index contributed by atoms with van der Waals surface area (Å²) in [6, 6.07) is 13.7. The molecule has 0 bridgehead atoms. The number of amides is 1. The van der Waals surface area contributed by atoms with Crippen LogP contribution < -0.4 is 15.8 Å². The first kappa shape index (κ1) is 14.9. The van der Waals surface area contributed by atoms with Crippen molar-refractivity contribution in [1.82, 2.24) is 0 Å². The van der Waals surface area contributed by atoms with Gasteiger partial charge in [-0.15, -0.1) is 0 Å². The summed E-state index contributed by atoms with van der Waals surface area (Å²) < 4.78 is 5.36. The van der Waals surface area contributed by atoms with Gasteiger partial charge in [0.1, 0.15) is 18.1 Å². The van der Waals surface area contributed by atoms with Crippen LogP contribution in [0.4, 0.5) is 5.69 Å². The quantitative estimate of drug-likeness (QED) is 0.757. The van der Waals surface area contributed by atoms with Crippen molar-refractivity contribution in [2.24, 2.45) is 5.73 Å². The molecule has 0 atom stereocenters. The van der Waals surface area contributed by atoms with Crippen molar-refractivity contribution in [3.05, 3.63) is 54.1 Å². The Morgan fingerprint density at radius 1 is 1.19 bits per heavy atom. The highest BCUT2D eigenvalue weighted by atomic mass is 16.5. The predicted octanol–water partition coefficient (Wildman–Crippen LogP) is 1.91. The van der Waals surface area contributed by atoms with Gasteiger partial charge in [-0.1, -0.05) is 12.1 Å². The number of phenolic OH excluding ortho intramolecular Hbond substituents is 1. The number of anilines is 1. The van der Waals surface area contributed by atoms with E-state index in [0.717, 1.165) is 5.56 Å². The fourth-order valence-electron chi connectivity index (χ4n) is 1.87. The third-order valence-corrected chi connectivity index (χ3v) is 2.80. The number of aromatic hydroxyl groups is 1. The second-order valence-electron chi connectivity index (χ2n) is 4.56. The Kier molecular flexibility index (Phi) is 5.17. The van der Waals surface area contributed by atoms with Crippen molar-refractivity contribution < 1.29 is 14.6 Å². The number of hydrogen-bond acceptors (Lipinski definition) is 4. The number of nitrogens with one attached hydrogen (secondary N) is 1. The lowest BCUT2D eigenvalue weighted by molar-refractivity contribution is -0.115. The zero-order valence-electron chi connectivity index (χ0n) is 11.6. The molecule has 4 N–H and O–H groups in total. The van der Waals surface area contributed by atoms with Crippen LogP contribution in [0.5, 0.6) is 11.5 Å². The number of rotatable bonds is 6. The molecule has 21 heavy (non-hydrogen) atoms. The van der Waals surface area contributed by atoms with Crippen molar-refractivity contribution in [2.45, 2.75) is 6.42 Å². The molecule has 0 aliphatic heterocycles. The molecule has 0 heterocycles. The SMILES string of the molecule is NCCOc1ccc(NC(=O)Cc2cccc(O)c2)cc1. The average molecular weight is 286 g/mol. The minimum Gasteiger partial charge on any atom is -0.508 e. The maximum atomic E-state index is 11.9. The number of carbonyl (C=O) groups is 1. The zero-order valence-corrected chi connectivity index (χ0v) is 11.6. The molecule has 2 rings (SSSR count). The van der Waals surface area contributed by atoms with Gasteiger partial charge in [0.2, 0.25) is 5.91 Å². The Balaban J connectivity index is 1.90. The molecule has 0 aliphatic carbocycles. The van der Waals surface area contributed by atoms with E-state index in [0.29, 0.717) is 24.6 Å². The van der Waals surface area contributed by atoms with Crippen LogP contribution in [0.2, 0.25) is 0 Å². The van der Waals surface area contributed by atoms with Crippen LogP contribution in [0.1, 0.15) is 5.56 Å². The van der Waals surface area contributed by atoms with Crippen molar-refractivity contribution in [3.8, 4) is 11.5 Å². The molecular formula is C16H18N2O3. The van der Waals surface area contributed by atoms with Gasteiger partial charge in [0.25, 0.3) is 0 Å². The first-order chi connectivity index (χ1) is 10.2. The lowest BCUT2D eigenvalue weighted by Crippen LogP contribution is -2.14. The molecule has 2 aromatic carbocycles. The van der Waals surface area contributed by atoms with E-state index >= 15 is 0 Å². The number of phenols is 1. The standard InChI is InChI=1S/C16H18N2O3/c17-8-9-21-15-6-4-13(5-7-15)18-16(20)11-12-2-1-3-14(19)10-12/h1-7,10,19H,8-9,11,17H2,(H,18,20). The lowest BCUT2D eigenvalue weighted by Gasteiger charge is -2.08. The van der Waals surface area contributed by atoms with E-state index < -0.39 is 0 Å². The van der Waals surface area contributed by atoms with Crippen LogP contribution in [0.15, 0.2) is 48.5 Å². The van der Waals surface area contributed by atoms with Gasteiger partial charge in [-0.25, -0.2) is 0 Å². The smallest absolute Gasteiger partial charge is 0.228 e. The molecular weight excluding hydrogens is 268 g/mol. The van der Waals surface area contributed by atoms with E-state index in [1.165, 1.54) is 0 Å². The van der Waals surface area contributed by atoms with Crippen LogP contribution in [0.3, 0.4) is 0 Å². The molecule has 0 radical (unpaired) electrons. The highest BCUT2D eigenvalue weighted by molar-refractivity contribution is 5.92. The van der Waals surface area contributed by atoms with E-state index in [1.807, 2.05) is 0 Å². The van der Waals surface area contributed by atoms with Crippen molar-refractivity contribution in [3.63, 3.8) is 0 Å². The summed E-state index contributed by atoms with van der Waals surface area (Å²) in [6.45, 7) is 0.922. The van der Waals surface area contributed by atoms with E-state index in [1.54, 1.807) is 48.5 Å². The van der Waals surface area contributed by atoms with Crippen LogP contribution in [-0.4, -0.2) is 24.2 Å². The Morgan fingerprint density at radius 2 is 1.95 bits per heavy atom. The fraction of sp³-hybridized carbons (Fsp3) is 0.188. The number of ether oxygens (including phenoxy) is 1. The highest BCUT2D eigenvalue weighted by Gasteiger charge is 2.05. The second kappa shape index (κ2) is 7.31. The third kappa shape index (κ3) is 4.81. The molecule has 1 amide bonds. The second-order valence-corrected chi connectivity index (χ2v) is 4.56. The average Bonchev–Trinajstić information content (AvgIpc) is 2.46. The first-order valence-electron chi connectivity index (χ1n) is 6.68. The van der Waals surface area contributed by atoms with E-state index in [4.69, 9.17) is 10.5 Å². The molecule has 0 spiro atoms. The van der Waals surface area contributed by atoms with Crippen LogP contribution >= 0.6 is 0 Å². The molecule has 0 unspecified atom stereocenters. The molecule has 2 aromatic rings. The summed E-state index contributed by atoms with van der Waals surface area (Å²) in [4.78, 5) is 11.9. The largest absolute Gasteiger partial charge is 0.508 e. The van der Waals surface area contributed by atoms with Gasteiger partial charge in [-0.05, 0) is 42.0 Å². The van der Waals surface area contributed by atoms with Crippen molar-refractivity contribution in [2.75, 3.05) is 18.5 Å². The summed E-state index contributed by atoms with van der Waals surface area (Å²) in [7, 11) is 0. The molecule has 0 saturated heterocycles. The van der Waals surface area contributed by atoms with Gasteiger partial charge in [-0.3, -0.25) is 4.79 Å². The van der Waals surface area contributed by atoms with Gasteiger partial charge in [0.05, 0.1) is 6.42 Å². The van der Waals surface area contributed by atoms with E-state index in [9.17, 15) is 9.90 Å². The Labute approximate surface area is 123 Å². The predicted molar refractivity (Wildman–Crippen MR) is 81.4 cm³/mol. The van der Waals surface area contributed by atoms with Crippen LogP contribution in [0, 0.1) is 0 Å². The molecule has 110 valence electrons. The van der Waals surface area contributed by atoms with Gasteiger partial charge in [0, 0.05) is 12.2 Å². The Bertz CT molecular complexity index is 597. The van der Waals surface area contributed by atoms with Gasteiger partial charge in [-0.2, -0.15) is 0 Å². The van der Waals surface area contributed by atoms with Gasteiger partial charge < -0.3 is 20.9 Å². The minimum atomic E-state index is -0.142. The van der Waals surface area contributed by atoms with Crippen molar-refractivity contribution in [1.29, 1.82) is 0 Å². The molecule has 5 heteroatoms. The molecule has 0 aromatic heterocycles.